The van der Waals surface area contributed by atoms with Crippen molar-refractivity contribution < 1.29 is 9.26 Å². The first kappa shape index (κ1) is 11.2. The Hall–Kier alpha value is -0.940. The summed E-state index contributed by atoms with van der Waals surface area (Å²) in [5.41, 5.74) is 0. The van der Waals surface area contributed by atoms with Crippen LogP contribution in [0.2, 0.25) is 0 Å². The van der Waals surface area contributed by atoms with Gasteiger partial charge in [0, 0.05) is 18.6 Å². The molecule has 2 heterocycles. The first-order valence-corrected chi connectivity index (χ1v) is 6.46. The van der Waals surface area contributed by atoms with Gasteiger partial charge in [-0.1, -0.05) is 5.16 Å². The lowest BCUT2D eigenvalue weighted by atomic mass is 10.0. The van der Waals surface area contributed by atoms with Crippen molar-refractivity contribution >= 4 is 0 Å². The molecule has 1 aliphatic heterocycles. The zero-order valence-electron chi connectivity index (χ0n) is 10.2. The highest BCUT2D eigenvalue weighted by atomic mass is 16.5. The summed E-state index contributed by atoms with van der Waals surface area (Å²) in [4.78, 5) is 4.40. The average molecular weight is 237 g/mol. The van der Waals surface area contributed by atoms with Crippen LogP contribution >= 0.6 is 0 Å². The van der Waals surface area contributed by atoms with Gasteiger partial charge in [-0.3, -0.25) is 0 Å². The van der Waals surface area contributed by atoms with Crippen LogP contribution < -0.4 is 5.32 Å². The molecule has 2 aliphatic rings. The van der Waals surface area contributed by atoms with E-state index >= 15 is 0 Å². The van der Waals surface area contributed by atoms with Crippen molar-refractivity contribution in [3.8, 4) is 0 Å². The summed E-state index contributed by atoms with van der Waals surface area (Å²) in [6, 6.07) is 0.445. The summed E-state index contributed by atoms with van der Waals surface area (Å²) in [5.74, 6) is 2.75. The molecule has 2 fully saturated rings. The van der Waals surface area contributed by atoms with E-state index in [-0.39, 0.29) is 0 Å². The third-order valence-corrected chi connectivity index (χ3v) is 3.66. The molecule has 0 bridgehead atoms. The van der Waals surface area contributed by atoms with E-state index in [4.69, 9.17) is 9.26 Å². The van der Waals surface area contributed by atoms with Gasteiger partial charge in [0.05, 0.1) is 13.2 Å². The van der Waals surface area contributed by atoms with Crippen LogP contribution in [0.3, 0.4) is 0 Å². The van der Waals surface area contributed by atoms with Crippen molar-refractivity contribution in [1.82, 2.24) is 15.5 Å². The minimum absolute atomic E-state index is 0.445. The van der Waals surface area contributed by atoms with Crippen LogP contribution in [0.15, 0.2) is 4.52 Å². The Morgan fingerprint density at radius 3 is 3.00 bits per heavy atom. The number of ether oxygens (including phenoxy) is 1. The predicted molar refractivity (Wildman–Crippen MR) is 61.5 cm³/mol. The van der Waals surface area contributed by atoms with Crippen LogP contribution in [0, 0.1) is 5.92 Å². The Balaban J connectivity index is 1.48. The Bertz CT molecular complexity index is 370. The quantitative estimate of drug-likeness (QED) is 0.840. The van der Waals surface area contributed by atoms with Crippen LogP contribution in [0.1, 0.15) is 43.8 Å². The van der Waals surface area contributed by atoms with Gasteiger partial charge in [0.25, 0.3) is 0 Å². The van der Waals surface area contributed by atoms with Crippen LogP contribution in [-0.4, -0.2) is 29.4 Å². The van der Waals surface area contributed by atoms with Crippen molar-refractivity contribution in [3.05, 3.63) is 11.7 Å². The standard InChI is InChI=1S/C12H19N3O2/c1-8(10-4-5-16-7-10)13-6-11-14-12(17-15-11)9-2-3-9/h8-10,13H,2-7H2,1H3/t8-,10+/m0/s1. The number of hydrogen-bond acceptors (Lipinski definition) is 5. The van der Waals surface area contributed by atoms with Gasteiger partial charge in [-0.15, -0.1) is 0 Å². The zero-order chi connectivity index (χ0) is 11.7. The fourth-order valence-corrected chi connectivity index (χ4v) is 2.20. The topological polar surface area (TPSA) is 60.2 Å². The summed E-state index contributed by atoms with van der Waals surface area (Å²) in [5, 5.41) is 7.44. The van der Waals surface area contributed by atoms with Crippen LogP contribution in [-0.2, 0) is 11.3 Å². The summed E-state index contributed by atoms with van der Waals surface area (Å²) in [6.45, 7) is 4.65. The molecule has 0 unspecified atom stereocenters. The molecule has 2 atom stereocenters. The van der Waals surface area contributed by atoms with Gasteiger partial charge in [-0.2, -0.15) is 4.98 Å². The van der Waals surface area contributed by atoms with E-state index in [0.29, 0.717) is 24.4 Å². The Morgan fingerprint density at radius 1 is 1.41 bits per heavy atom. The van der Waals surface area contributed by atoms with Crippen molar-refractivity contribution in [2.24, 2.45) is 5.92 Å². The number of nitrogens with one attached hydrogen (secondary N) is 1. The van der Waals surface area contributed by atoms with Crippen LogP contribution in [0.25, 0.3) is 0 Å². The summed E-state index contributed by atoms with van der Waals surface area (Å²) in [7, 11) is 0. The molecule has 0 amide bonds. The maximum Gasteiger partial charge on any atom is 0.229 e. The van der Waals surface area contributed by atoms with E-state index in [9.17, 15) is 0 Å². The molecule has 1 saturated heterocycles. The molecule has 0 aromatic carbocycles. The molecular weight excluding hydrogens is 218 g/mol. The second-order valence-corrected chi connectivity index (χ2v) is 5.12. The number of aromatic nitrogens is 2. The smallest absolute Gasteiger partial charge is 0.229 e. The molecule has 1 aromatic heterocycles. The zero-order valence-corrected chi connectivity index (χ0v) is 10.2. The van der Waals surface area contributed by atoms with E-state index in [1.165, 1.54) is 12.8 Å². The number of rotatable bonds is 5. The third kappa shape index (κ3) is 2.66. The normalized spacial score (nSPS) is 26.3. The van der Waals surface area contributed by atoms with E-state index in [1.807, 2.05) is 0 Å². The Kier molecular flexibility index (Phi) is 3.11. The van der Waals surface area contributed by atoms with Crippen molar-refractivity contribution in [2.45, 2.75) is 44.7 Å². The van der Waals surface area contributed by atoms with Gasteiger partial charge in [0.2, 0.25) is 5.89 Å². The van der Waals surface area contributed by atoms with E-state index < -0.39 is 0 Å². The number of hydrogen-bond donors (Lipinski definition) is 1. The molecule has 1 aliphatic carbocycles. The lowest BCUT2D eigenvalue weighted by Crippen LogP contribution is -2.33. The monoisotopic (exact) mass is 237 g/mol. The Labute approximate surface area is 101 Å². The SMILES string of the molecule is C[C@H](NCc1noc(C2CC2)n1)[C@@H]1CCOC1. The molecule has 3 rings (SSSR count). The fraction of sp³-hybridized carbons (Fsp3) is 0.833. The Morgan fingerprint density at radius 2 is 2.29 bits per heavy atom. The van der Waals surface area contributed by atoms with Crippen LogP contribution in [0.5, 0.6) is 0 Å². The maximum atomic E-state index is 5.38. The molecule has 1 saturated carbocycles. The second-order valence-electron chi connectivity index (χ2n) is 5.12. The van der Waals surface area contributed by atoms with Gasteiger partial charge >= 0.3 is 0 Å². The van der Waals surface area contributed by atoms with Gasteiger partial charge in [0.1, 0.15) is 0 Å². The van der Waals surface area contributed by atoms with Crippen molar-refractivity contribution in [3.63, 3.8) is 0 Å². The highest BCUT2D eigenvalue weighted by Gasteiger charge is 2.29. The van der Waals surface area contributed by atoms with Crippen LogP contribution in [0.4, 0.5) is 0 Å². The molecule has 5 heteroatoms. The van der Waals surface area contributed by atoms with E-state index in [2.05, 4.69) is 22.4 Å². The highest BCUT2D eigenvalue weighted by molar-refractivity contribution is 5.01. The van der Waals surface area contributed by atoms with Crippen molar-refractivity contribution in [1.29, 1.82) is 0 Å². The molecule has 0 radical (unpaired) electrons. The summed E-state index contributed by atoms with van der Waals surface area (Å²) >= 11 is 0. The van der Waals surface area contributed by atoms with E-state index in [0.717, 1.165) is 31.3 Å². The largest absolute Gasteiger partial charge is 0.381 e. The molecule has 0 spiro atoms. The average Bonchev–Trinajstić information content (AvgIpc) is 2.88. The molecule has 1 aromatic rings. The first-order chi connectivity index (χ1) is 8.33. The fourth-order valence-electron chi connectivity index (χ4n) is 2.20. The third-order valence-electron chi connectivity index (χ3n) is 3.66. The van der Waals surface area contributed by atoms with E-state index in [1.54, 1.807) is 0 Å². The lowest BCUT2D eigenvalue weighted by Gasteiger charge is -2.17. The maximum absolute atomic E-state index is 5.38. The molecule has 5 nitrogen and oxygen atoms in total. The molecular formula is C12H19N3O2. The predicted octanol–water partition coefficient (Wildman–Crippen LogP) is 1.46. The summed E-state index contributed by atoms with van der Waals surface area (Å²) < 4.78 is 10.6. The van der Waals surface area contributed by atoms with Gasteiger partial charge in [0.15, 0.2) is 5.82 Å². The molecule has 94 valence electrons. The minimum Gasteiger partial charge on any atom is -0.381 e. The molecule has 1 N–H and O–H groups in total. The first-order valence-electron chi connectivity index (χ1n) is 6.46. The highest BCUT2D eigenvalue weighted by Crippen LogP contribution is 2.38. The summed E-state index contributed by atoms with van der Waals surface area (Å²) in [6.07, 6.45) is 3.55. The minimum atomic E-state index is 0.445. The molecule has 17 heavy (non-hydrogen) atoms. The lowest BCUT2D eigenvalue weighted by molar-refractivity contribution is 0.178. The van der Waals surface area contributed by atoms with Gasteiger partial charge in [-0.05, 0) is 32.1 Å². The second kappa shape index (κ2) is 4.74. The number of nitrogens with zero attached hydrogens (tertiary/aromatic N) is 2. The van der Waals surface area contributed by atoms with Crippen molar-refractivity contribution in [2.75, 3.05) is 13.2 Å². The van der Waals surface area contributed by atoms with Gasteiger partial charge in [-0.25, -0.2) is 0 Å². The van der Waals surface area contributed by atoms with Gasteiger partial charge < -0.3 is 14.6 Å².